The minimum atomic E-state index is -4.96. The van der Waals surface area contributed by atoms with Crippen LogP contribution in [-0.4, -0.2) is 96.7 Å². The number of aliphatic hydroxyl groups excluding tert-OH is 1. The minimum absolute atomic E-state index is 0.103. The maximum atomic E-state index is 13.1. The van der Waals surface area contributed by atoms with E-state index in [4.69, 9.17) is 37.0 Å². The maximum absolute atomic E-state index is 13.1. The first-order valence-corrected chi connectivity index (χ1v) is 43.8. The molecule has 0 aliphatic heterocycles. The van der Waals surface area contributed by atoms with E-state index >= 15 is 0 Å². The van der Waals surface area contributed by atoms with E-state index in [-0.39, 0.29) is 25.7 Å². The van der Waals surface area contributed by atoms with Gasteiger partial charge in [0.25, 0.3) is 0 Å². The molecule has 0 aromatic carbocycles. The third kappa shape index (κ3) is 69.8. The van der Waals surface area contributed by atoms with Crippen molar-refractivity contribution in [2.24, 2.45) is 23.7 Å². The van der Waals surface area contributed by atoms with Crippen molar-refractivity contribution < 1.29 is 80.2 Å². The van der Waals surface area contributed by atoms with Gasteiger partial charge in [-0.05, 0) is 49.4 Å². The first kappa shape index (κ1) is 96.1. The second kappa shape index (κ2) is 68.2. The summed E-state index contributed by atoms with van der Waals surface area (Å²) < 4.78 is 68.5. The second-order valence-corrected chi connectivity index (χ2v) is 32.8. The Morgan fingerprint density at radius 1 is 0.286 bits per heavy atom. The number of rotatable bonds is 76. The molecule has 0 bridgehead atoms. The molecule has 0 aliphatic rings. The smallest absolute Gasteiger partial charge is 0.462 e. The lowest BCUT2D eigenvalue weighted by Gasteiger charge is -2.21. The van der Waals surface area contributed by atoms with E-state index in [2.05, 4.69) is 55.4 Å². The summed E-state index contributed by atoms with van der Waals surface area (Å²) in [6, 6.07) is 0. The van der Waals surface area contributed by atoms with E-state index in [1.807, 2.05) is 0 Å². The highest BCUT2D eigenvalue weighted by Crippen LogP contribution is 2.45. The lowest BCUT2D eigenvalue weighted by molar-refractivity contribution is -0.161. The van der Waals surface area contributed by atoms with Crippen molar-refractivity contribution >= 4 is 39.5 Å². The van der Waals surface area contributed by atoms with E-state index < -0.39 is 97.5 Å². The number of hydrogen-bond acceptors (Lipinski definition) is 15. The molecule has 3 N–H and O–H groups in total. The van der Waals surface area contributed by atoms with Gasteiger partial charge in [0.05, 0.1) is 26.4 Å². The highest BCUT2D eigenvalue weighted by Gasteiger charge is 2.30. The van der Waals surface area contributed by atoms with E-state index in [9.17, 15) is 43.2 Å². The topological polar surface area (TPSA) is 237 Å². The zero-order valence-electron chi connectivity index (χ0n) is 64.4. The Morgan fingerprint density at radius 3 is 0.724 bits per heavy atom. The quantitative estimate of drug-likeness (QED) is 0.0222. The summed E-state index contributed by atoms with van der Waals surface area (Å²) in [6.07, 6.45) is 54.4. The largest absolute Gasteiger partial charge is 0.472 e. The molecule has 0 aliphatic carbocycles. The third-order valence-electron chi connectivity index (χ3n) is 19.0. The van der Waals surface area contributed by atoms with E-state index in [0.717, 1.165) is 114 Å². The van der Waals surface area contributed by atoms with Gasteiger partial charge in [-0.15, -0.1) is 0 Å². The van der Waals surface area contributed by atoms with Crippen LogP contribution in [0.2, 0.25) is 0 Å². The average molecular weight is 1440 g/mol. The number of carbonyl (C=O) groups is 4. The van der Waals surface area contributed by atoms with Crippen LogP contribution < -0.4 is 0 Å². The number of ether oxygens (including phenoxy) is 4. The molecule has 5 unspecified atom stereocenters. The van der Waals surface area contributed by atoms with Crippen LogP contribution in [0.1, 0.15) is 402 Å². The predicted molar refractivity (Wildman–Crippen MR) is 400 cm³/mol. The summed E-state index contributed by atoms with van der Waals surface area (Å²) in [5.41, 5.74) is 0. The molecule has 19 heteroatoms. The standard InChI is InChI=1S/C79H154O17P2/c1-9-71(7)57-49-41-33-27-23-19-15-13-11-12-14-16-20-24-28-34-43-51-59-76(81)89-66-75(96-79(84)62-54-46-38-37-42-50-58-72(8)10-2)68-94-98(87,88)92-64-73(80)63-91-97(85,86)93-67-74(65-90-77(82)60-52-44-36-30-32-40-48-56-70(5)6)95-78(83)61-53-45-35-29-25-21-17-18-22-26-31-39-47-55-69(3)4/h69-75,80H,9-68H2,1-8H3,(H,85,86)(H,87,88)/t71?,72?,73?,74-,75-/m1/s1. The molecule has 0 aromatic heterocycles. The number of aliphatic hydroxyl groups is 1. The fourth-order valence-electron chi connectivity index (χ4n) is 12.0. The summed E-state index contributed by atoms with van der Waals surface area (Å²) in [5, 5.41) is 10.6. The molecule has 0 saturated heterocycles. The molecular weight excluding hydrogens is 1280 g/mol. The summed E-state index contributed by atoms with van der Waals surface area (Å²) in [5.74, 6) is 0.963. The molecule has 0 saturated carbocycles. The summed E-state index contributed by atoms with van der Waals surface area (Å²) >= 11 is 0. The lowest BCUT2D eigenvalue weighted by atomic mass is 9.99. The fraction of sp³-hybridized carbons (Fsp3) is 0.949. The van der Waals surface area contributed by atoms with Crippen molar-refractivity contribution in [3.8, 4) is 0 Å². The van der Waals surface area contributed by atoms with Crippen molar-refractivity contribution in [3.05, 3.63) is 0 Å². The van der Waals surface area contributed by atoms with Crippen LogP contribution >= 0.6 is 15.6 Å². The average Bonchev–Trinajstić information content (AvgIpc) is 1.02. The molecule has 0 rings (SSSR count). The SMILES string of the molecule is CCC(C)CCCCCCCCCCCCCCCCCCCCC(=O)OC[C@H](COP(=O)(O)OCC(O)COP(=O)(O)OC[C@@H](COC(=O)CCCCCCCCCC(C)C)OC(=O)CCCCCCCCCCCCCCCC(C)C)OC(=O)CCCCCCCCC(C)CC. The van der Waals surface area contributed by atoms with Gasteiger partial charge in [0.2, 0.25) is 0 Å². The number of carbonyl (C=O) groups excluding carboxylic acids is 4. The van der Waals surface area contributed by atoms with E-state index in [1.54, 1.807) is 0 Å². The predicted octanol–water partition coefficient (Wildman–Crippen LogP) is 23.2. The van der Waals surface area contributed by atoms with Crippen molar-refractivity contribution in [3.63, 3.8) is 0 Å². The van der Waals surface area contributed by atoms with Crippen molar-refractivity contribution in [1.29, 1.82) is 0 Å². The van der Waals surface area contributed by atoms with E-state index in [0.29, 0.717) is 31.6 Å². The Balaban J connectivity index is 5.13. The van der Waals surface area contributed by atoms with Crippen molar-refractivity contribution in [2.45, 2.75) is 420 Å². The van der Waals surface area contributed by atoms with Crippen LogP contribution in [0.3, 0.4) is 0 Å². The summed E-state index contributed by atoms with van der Waals surface area (Å²) in [6.45, 7) is 14.2. The molecular formula is C79H154O17P2. The number of unbranched alkanes of at least 4 members (excludes halogenated alkanes) is 40. The first-order valence-electron chi connectivity index (χ1n) is 40.8. The summed E-state index contributed by atoms with van der Waals surface area (Å²) in [7, 11) is -9.91. The lowest BCUT2D eigenvalue weighted by Crippen LogP contribution is -2.30. The number of phosphoric ester groups is 2. The zero-order chi connectivity index (χ0) is 72.4. The molecule has 0 fully saturated rings. The van der Waals surface area contributed by atoms with Crippen LogP contribution in [-0.2, 0) is 65.4 Å². The van der Waals surface area contributed by atoms with Gasteiger partial charge in [0.15, 0.2) is 12.2 Å². The van der Waals surface area contributed by atoms with Gasteiger partial charge in [-0.2, -0.15) is 0 Å². The molecule has 98 heavy (non-hydrogen) atoms. The van der Waals surface area contributed by atoms with Gasteiger partial charge in [0, 0.05) is 25.7 Å². The molecule has 0 aromatic rings. The Morgan fingerprint density at radius 2 is 0.490 bits per heavy atom. The second-order valence-electron chi connectivity index (χ2n) is 29.9. The molecule has 17 nitrogen and oxygen atoms in total. The monoisotopic (exact) mass is 1440 g/mol. The van der Waals surface area contributed by atoms with Gasteiger partial charge in [0.1, 0.15) is 19.3 Å². The van der Waals surface area contributed by atoms with Gasteiger partial charge in [-0.3, -0.25) is 37.3 Å². The Labute approximate surface area is 600 Å². The van der Waals surface area contributed by atoms with Crippen molar-refractivity contribution in [1.82, 2.24) is 0 Å². The molecule has 0 heterocycles. The van der Waals surface area contributed by atoms with Crippen LogP contribution in [0.15, 0.2) is 0 Å². The van der Waals surface area contributed by atoms with Gasteiger partial charge < -0.3 is 33.8 Å². The van der Waals surface area contributed by atoms with Crippen LogP contribution in [0.25, 0.3) is 0 Å². The van der Waals surface area contributed by atoms with Crippen LogP contribution in [0, 0.1) is 23.7 Å². The molecule has 7 atom stereocenters. The highest BCUT2D eigenvalue weighted by atomic mass is 31.2. The molecule has 582 valence electrons. The fourth-order valence-corrected chi connectivity index (χ4v) is 13.6. The third-order valence-corrected chi connectivity index (χ3v) is 20.9. The minimum Gasteiger partial charge on any atom is -0.462 e. The molecule has 0 amide bonds. The first-order chi connectivity index (χ1) is 47.2. The van der Waals surface area contributed by atoms with Gasteiger partial charge >= 0.3 is 39.5 Å². The van der Waals surface area contributed by atoms with Crippen LogP contribution in [0.5, 0.6) is 0 Å². The maximum Gasteiger partial charge on any atom is 0.472 e. The van der Waals surface area contributed by atoms with Gasteiger partial charge in [-0.25, -0.2) is 9.13 Å². The Hall–Kier alpha value is -1.94. The molecule has 0 radical (unpaired) electrons. The summed E-state index contributed by atoms with van der Waals surface area (Å²) in [4.78, 5) is 72.8. The zero-order valence-corrected chi connectivity index (χ0v) is 66.2. The highest BCUT2D eigenvalue weighted by molar-refractivity contribution is 7.47. The Kier molecular flexibility index (Phi) is 66.8. The van der Waals surface area contributed by atoms with Gasteiger partial charge in [-0.1, -0.05) is 351 Å². The van der Waals surface area contributed by atoms with E-state index in [1.165, 1.54) is 199 Å². The Bertz CT molecular complexity index is 1920. The molecule has 0 spiro atoms. The van der Waals surface area contributed by atoms with Crippen molar-refractivity contribution in [2.75, 3.05) is 39.6 Å². The number of phosphoric acid groups is 2. The number of esters is 4. The van der Waals surface area contributed by atoms with Crippen LogP contribution in [0.4, 0.5) is 0 Å². The number of hydrogen-bond donors (Lipinski definition) is 3. The normalized spacial score (nSPS) is 14.6.